The van der Waals surface area contributed by atoms with E-state index in [1.807, 2.05) is 0 Å². The van der Waals surface area contributed by atoms with Crippen LogP contribution in [0.1, 0.15) is 105 Å². The van der Waals surface area contributed by atoms with Gasteiger partial charge in [0.2, 0.25) is 0 Å². The Hall–Kier alpha value is -6.06. The summed E-state index contributed by atoms with van der Waals surface area (Å²) in [6.45, 7) is 28.0. The molecule has 3 heteroatoms. The first kappa shape index (κ1) is 36.8. The summed E-state index contributed by atoms with van der Waals surface area (Å²) in [5.41, 5.74) is 17.0. The van der Waals surface area contributed by atoms with Gasteiger partial charge in [-0.1, -0.05) is 113 Å². The fraction of sp³-hybridized carbons (Fsp3) is 0.276. The normalized spacial score (nSPS) is 13.9. The van der Waals surface area contributed by atoms with Gasteiger partial charge in [-0.05, 0) is 129 Å². The summed E-state index contributed by atoms with van der Waals surface area (Å²) in [7, 11) is 0. The molecule has 0 fully saturated rings. The zero-order valence-electron chi connectivity index (χ0n) is 37.8. The number of nitrogens with zero attached hydrogens (tertiary/aromatic N) is 3. The molecular weight excluding hydrogens is 739 g/mol. The fourth-order valence-electron chi connectivity index (χ4n) is 10.7. The van der Waals surface area contributed by atoms with Crippen molar-refractivity contribution in [3.8, 4) is 5.69 Å². The van der Waals surface area contributed by atoms with Crippen LogP contribution in [0, 0.1) is 0 Å². The summed E-state index contributed by atoms with van der Waals surface area (Å²) in [5.74, 6) is 0. The summed E-state index contributed by atoms with van der Waals surface area (Å²) < 4.78 is 7.68. The van der Waals surface area contributed by atoms with Gasteiger partial charge in [-0.3, -0.25) is 0 Å². The lowest BCUT2D eigenvalue weighted by molar-refractivity contribution is 0.590. The fourth-order valence-corrected chi connectivity index (χ4v) is 10.7. The molecule has 12 rings (SSSR count). The maximum Gasteiger partial charge on any atom is 0.0620 e. The molecule has 7 aromatic carbocycles. The van der Waals surface area contributed by atoms with E-state index in [4.69, 9.17) is 0 Å². The lowest BCUT2D eigenvalue weighted by atomic mass is 9.84. The van der Waals surface area contributed by atoms with Crippen LogP contribution >= 0.6 is 0 Å². The van der Waals surface area contributed by atoms with E-state index in [0.717, 1.165) is 0 Å². The molecule has 0 spiro atoms. The molecule has 0 aliphatic carbocycles. The Morgan fingerprint density at radius 1 is 0.279 bits per heavy atom. The lowest BCUT2D eigenvalue weighted by Gasteiger charge is -2.20. The van der Waals surface area contributed by atoms with Crippen LogP contribution in [0.2, 0.25) is 0 Å². The second-order valence-corrected chi connectivity index (χ2v) is 22.4. The number of benzene rings is 7. The Morgan fingerprint density at radius 2 is 0.590 bits per heavy atom. The van der Waals surface area contributed by atoms with Gasteiger partial charge in [0.15, 0.2) is 0 Å². The summed E-state index contributed by atoms with van der Waals surface area (Å²) >= 11 is 0. The lowest BCUT2D eigenvalue weighted by Crippen LogP contribution is -2.11. The Labute approximate surface area is 357 Å². The van der Waals surface area contributed by atoms with Crippen LogP contribution in [0.3, 0.4) is 0 Å². The number of hydrogen-bond donors (Lipinski definition) is 0. The summed E-state index contributed by atoms with van der Waals surface area (Å²) in [6.07, 6.45) is 0. The van der Waals surface area contributed by atoms with Crippen LogP contribution in [0.25, 0.3) is 104 Å². The second-order valence-electron chi connectivity index (χ2n) is 22.4. The van der Waals surface area contributed by atoms with Crippen molar-refractivity contribution in [1.29, 1.82) is 0 Å². The van der Waals surface area contributed by atoms with Gasteiger partial charge in [0.1, 0.15) is 0 Å². The molecule has 3 nitrogen and oxygen atoms in total. The Balaban J connectivity index is 1.27. The van der Waals surface area contributed by atoms with Gasteiger partial charge in [0.05, 0.1) is 44.1 Å². The van der Waals surface area contributed by atoms with Crippen molar-refractivity contribution in [1.82, 2.24) is 13.4 Å². The van der Waals surface area contributed by atoms with Crippen molar-refractivity contribution in [3.05, 3.63) is 138 Å². The highest BCUT2D eigenvalue weighted by molar-refractivity contribution is 6.29. The Kier molecular flexibility index (Phi) is 6.90. The van der Waals surface area contributed by atoms with Gasteiger partial charge >= 0.3 is 0 Å². The van der Waals surface area contributed by atoms with Crippen molar-refractivity contribution in [2.45, 2.75) is 105 Å². The molecule has 0 aliphatic rings. The van der Waals surface area contributed by atoms with Crippen LogP contribution in [0.4, 0.5) is 0 Å². The first-order chi connectivity index (χ1) is 28.8. The number of aromatic nitrogens is 3. The second kappa shape index (κ2) is 11.4. The molecule has 0 radical (unpaired) electrons. The van der Waals surface area contributed by atoms with E-state index in [2.05, 4.69) is 212 Å². The largest absolute Gasteiger partial charge is 0.309 e. The third-order valence-corrected chi connectivity index (χ3v) is 14.3. The number of para-hydroxylation sites is 1. The maximum atomic E-state index is 2.58. The molecule has 302 valence electrons. The molecule has 0 saturated heterocycles. The van der Waals surface area contributed by atoms with E-state index in [0.29, 0.717) is 0 Å². The zero-order valence-corrected chi connectivity index (χ0v) is 37.8. The molecule has 5 aromatic heterocycles. The van der Waals surface area contributed by atoms with E-state index in [9.17, 15) is 0 Å². The molecule has 12 aromatic rings. The summed E-state index contributed by atoms with van der Waals surface area (Å²) in [5, 5.41) is 13.2. The first-order valence-electron chi connectivity index (χ1n) is 22.3. The molecule has 0 unspecified atom stereocenters. The highest BCUT2D eigenvalue weighted by atomic mass is 15.0. The average molecular weight is 794 g/mol. The van der Waals surface area contributed by atoms with Crippen LogP contribution in [-0.2, 0) is 21.7 Å². The Bertz CT molecular complexity index is 3580. The maximum absolute atomic E-state index is 2.58. The molecular formula is C58H55N3. The van der Waals surface area contributed by atoms with Gasteiger partial charge in [0, 0.05) is 59.5 Å². The zero-order chi connectivity index (χ0) is 42.4. The predicted molar refractivity (Wildman–Crippen MR) is 265 cm³/mol. The molecule has 5 heterocycles. The topological polar surface area (TPSA) is 13.8 Å². The van der Waals surface area contributed by atoms with Crippen LogP contribution in [-0.4, -0.2) is 13.4 Å². The molecule has 0 bridgehead atoms. The molecule has 0 amide bonds. The van der Waals surface area contributed by atoms with Gasteiger partial charge < -0.3 is 13.4 Å². The monoisotopic (exact) mass is 793 g/mol. The SMILES string of the molecule is CC(C)(C)c1ccc2c(c1)c1cc(C(C)(C)C)cc3c4cc5c(cc4n2c13)c1cc2c(cc1n5-c1ccccc1)c1cc(C(C)(C)C)cc3c4cc(C(C)(C)C)ccc4n2c31. The number of hydrogen-bond acceptors (Lipinski definition) is 0. The minimum absolute atomic E-state index is 0.00137. The van der Waals surface area contributed by atoms with Gasteiger partial charge in [0.25, 0.3) is 0 Å². The van der Waals surface area contributed by atoms with Crippen molar-refractivity contribution in [2.24, 2.45) is 0 Å². The van der Waals surface area contributed by atoms with E-state index in [1.54, 1.807) is 0 Å². The van der Waals surface area contributed by atoms with Gasteiger partial charge in [-0.15, -0.1) is 0 Å². The first-order valence-corrected chi connectivity index (χ1v) is 22.3. The third-order valence-electron chi connectivity index (χ3n) is 14.3. The molecule has 0 atom stereocenters. The summed E-state index contributed by atoms with van der Waals surface area (Å²) in [6, 6.07) is 45.4. The number of fused-ring (bicyclic) bond motifs is 15. The van der Waals surface area contributed by atoms with Crippen LogP contribution in [0.15, 0.2) is 115 Å². The van der Waals surface area contributed by atoms with E-state index in [-0.39, 0.29) is 21.7 Å². The molecule has 61 heavy (non-hydrogen) atoms. The molecule has 0 aliphatic heterocycles. The van der Waals surface area contributed by atoms with Crippen LogP contribution < -0.4 is 0 Å². The standard InChI is InChI=1S/C58H55N3/c1-55(2,3)32-18-20-47-37(22-32)43-24-34(57(7,8)9)26-45-41-30-49-39(28-51(41)60(47)53(43)45)40-29-52-42(31-50(40)59(49)36-16-14-13-15-17-36)46-27-35(58(10,11)12)25-44-38-23-33(56(4,5)6)19-21-48(38)61(52)54(44)46/h13-31H,1-12H3. The minimum atomic E-state index is -0.00137. The Morgan fingerprint density at radius 3 is 0.951 bits per heavy atom. The van der Waals surface area contributed by atoms with Gasteiger partial charge in [-0.2, -0.15) is 0 Å². The predicted octanol–water partition coefficient (Wildman–Crippen LogP) is 16.3. The highest BCUT2D eigenvalue weighted by Crippen LogP contribution is 2.48. The minimum Gasteiger partial charge on any atom is -0.309 e. The van der Waals surface area contributed by atoms with Crippen molar-refractivity contribution < 1.29 is 0 Å². The van der Waals surface area contributed by atoms with Crippen molar-refractivity contribution in [2.75, 3.05) is 0 Å². The molecule has 0 saturated carbocycles. The average Bonchev–Trinajstić information content (AvgIpc) is 3.97. The quantitative estimate of drug-likeness (QED) is 0.157. The van der Waals surface area contributed by atoms with E-state index < -0.39 is 0 Å². The van der Waals surface area contributed by atoms with Crippen LogP contribution in [0.5, 0.6) is 0 Å². The van der Waals surface area contributed by atoms with Gasteiger partial charge in [-0.25, -0.2) is 0 Å². The third kappa shape index (κ3) is 4.92. The highest BCUT2D eigenvalue weighted by Gasteiger charge is 2.28. The van der Waals surface area contributed by atoms with Crippen molar-refractivity contribution in [3.63, 3.8) is 0 Å². The smallest absolute Gasteiger partial charge is 0.0620 e. The van der Waals surface area contributed by atoms with E-state index >= 15 is 0 Å². The summed E-state index contributed by atoms with van der Waals surface area (Å²) in [4.78, 5) is 0. The number of rotatable bonds is 1. The molecule has 0 N–H and O–H groups in total. The van der Waals surface area contributed by atoms with E-state index in [1.165, 1.54) is 126 Å². The van der Waals surface area contributed by atoms with Crippen molar-refractivity contribution >= 4 is 98.0 Å².